The van der Waals surface area contributed by atoms with E-state index >= 15 is 0 Å². The molecule has 0 radical (unpaired) electrons. The van der Waals surface area contributed by atoms with Crippen molar-refractivity contribution in [3.8, 4) is 0 Å². The zero-order valence-corrected chi connectivity index (χ0v) is 22.5. The van der Waals surface area contributed by atoms with E-state index in [0.717, 1.165) is 10.4 Å². The van der Waals surface area contributed by atoms with Crippen molar-refractivity contribution in [2.24, 2.45) is 0 Å². The first-order chi connectivity index (χ1) is 18.0. The van der Waals surface area contributed by atoms with E-state index in [2.05, 4.69) is 55.0 Å². The number of hydrogen-bond donors (Lipinski definition) is 3. The zero-order chi connectivity index (χ0) is 27.3. The molecule has 37 heavy (non-hydrogen) atoms. The Kier molecular flexibility index (Phi) is 6.13. The summed E-state index contributed by atoms with van der Waals surface area (Å²) in [6.45, 7) is 8.11. The molecular weight excluding hydrogens is 484 g/mol. The van der Waals surface area contributed by atoms with Crippen LogP contribution in [0.4, 0.5) is 5.82 Å². The second kappa shape index (κ2) is 9.34. The van der Waals surface area contributed by atoms with E-state index in [4.69, 9.17) is 16.3 Å². The Morgan fingerprint density at radius 2 is 1.70 bits per heavy atom. The van der Waals surface area contributed by atoms with Crippen LogP contribution < -0.4 is 16.1 Å². The van der Waals surface area contributed by atoms with Gasteiger partial charge >= 0.3 is 0 Å². The minimum atomic E-state index is -2.89. The molecule has 1 fully saturated rings. The lowest BCUT2D eigenvalue weighted by Crippen LogP contribution is -2.67. The lowest BCUT2D eigenvalue weighted by Gasteiger charge is -2.43. The number of ether oxygens (including phenoxy) is 1. The minimum absolute atomic E-state index is 0.0607. The summed E-state index contributed by atoms with van der Waals surface area (Å²) in [5.41, 5.74) is 4.66. The first-order valence-corrected chi connectivity index (χ1v) is 14.3. The van der Waals surface area contributed by atoms with Gasteiger partial charge < -0.3 is 29.7 Å². The molecule has 1 aliphatic rings. The number of nitrogen functional groups attached to an aromatic ring is 1. The summed E-state index contributed by atoms with van der Waals surface area (Å²) < 4.78 is 23.1. The Morgan fingerprint density at radius 1 is 1.11 bits per heavy atom. The molecule has 9 heteroatoms. The van der Waals surface area contributed by atoms with Gasteiger partial charge in [-0.15, -0.1) is 0 Å². The number of aliphatic hydroxyl groups is 2. The quantitative estimate of drug-likeness (QED) is 0.335. The molecule has 4 N–H and O–H groups in total. The number of nitrogens with zero attached hydrogens (tertiary/aromatic N) is 3. The summed E-state index contributed by atoms with van der Waals surface area (Å²) in [6, 6.07) is 20.5. The predicted molar refractivity (Wildman–Crippen MR) is 146 cm³/mol. The summed E-state index contributed by atoms with van der Waals surface area (Å²) in [4.78, 5) is 8.25. The number of aliphatic hydroxyl groups excluding tert-OH is 1. The number of fused-ring (bicyclic) bond motifs is 1. The summed E-state index contributed by atoms with van der Waals surface area (Å²) in [5, 5.41) is 25.0. The highest BCUT2D eigenvalue weighted by Gasteiger charge is 2.56. The predicted octanol–water partition coefficient (Wildman–Crippen LogP) is 2.60. The SMILES string of the molecule is [3H]c1cn(C2OC(CO[Si](c3ccccc3)(c3ccccc3)C(C)(C)C)C(O)C2(C)O)c2ncnc(N)c12. The van der Waals surface area contributed by atoms with E-state index < -0.39 is 32.4 Å². The molecule has 3 heterocycles. The van der Waals surface area contributed by atoms with Crippen LogP contribution in [0.2, 0.25) is 5.04 Å². The average Bonchev–Trinajstić information content (AvgIpc) is 3.33. The molecule has 0 bridgehead atoms. The van der Waals surface area contributed by atoms with E-state index in [9.17, 15) is 10.2 Å². The topological polar surface area (TPSA) is 116 Å². The lowest BCUT2D eigenvalue weighted by molar-refractivity contribution is -0.0946. The molecule has 5 rings (SSSR count). The number of rotatable bonds is 6. The maximum atomic E-state index is 11.4. The minimum Gasteiger partial charge on any atom is -0.405 e. The van der Waals surface area contributed by atoms with Gasteiger partial charge in [-0.2, -0.15) is 0 Å². The molecule has 2 aromatic carbocycles. The van der Waals surface area contributed by atoms with E-state index in [-0.39, 0.29) is 23.5 Å². The van der Waals surface area contributed by atoms with Crippen molar-refractivity contribution in [3.63, 3.8) is 0 Å². The monoisotopic (exact) mass is 520 g/mol. The Balaban J connectivity index is 1.52. The van der Waals surface area contributed by atoms with Gasteiger partial charge in [0.1, 0.15) is 35.6 Å². The van der Waals surface area contributed by atoms with E-state index in [1.54, 1.807) is 4.57 Å². The Morgan fingerprint density at radius 3 is 2.27 bits per heavy atom. The fourth-order valence-electron chi connectivity index (χ4n) is 5.44. The third-order valence-corrected chi connectivity index (χ3v) is 12.3. The van der Waals surface area contributed by atoms with Crippen LogP contribution in [0.5, 0.6) is 0 Å². The van der Waals surface area contributed by atoms with Crippen molar-refractivity contribution in [2.45, 2.75) is 56.8 Å². The largest absolute Gasteiger partial charge is 0.405 e. The number of benzene rings is 2. The van der Waals surface area contributed by atoms with Gasteiger partial charge in [-0.05, 0) is 28.4 Å². The first-order valence-electron chi connectivity index (χ1n) is 12.9. The van der Waals surface area contributed by atoms with Crippen LogP contribution in [0, 0.1) is 0 Å². The van der Waals surface area contributed by atoms with E-state index in [0.29, 0.717) is 11.0 Å². The lowest BCUT2D eigenvalue weighted by atomic mass is 9.96. The van der Waals surface area contributed by atoms with Crippen molar-refractivity contribution < 1.29 is 20.7 Å². The highest BCUT2D eigenvalue weighted by Crippen LogP contribution is 2.42. The van der Waals surface area contributed by atoms with Crippen molar-refractivity contribution >= 4 is 35.5 Å². The van der Waals surface area contributed by atoms with Crippen LogP contribution in [0.3, 0.4) is 0 Å². The van der Waals surface area contributed by atoms with Gasteiger partial charge in [0, 0.05) is 6.20 Å². The van der Waals surface area contributed by atoms with Crippen LogP contribution in [0.25, 0.3) is 11.0 Å². The molecule has 0 amide bonds. The molecular formula is C28H34N4O4Si. The van der Waals surface area contributed by atoms with Gasteiger partial charge in [0.25, 0.3) is 8.32 Å². The summed E-state index contributed by atoms with van der Waals surface area (Å²) >= 11 is 0. The first kappa shape index (κ1) is 24.3. The molecule has 194 valence electrons. The van der Waals surface area contributed by atoms with E-state index in [1.807, 2.05) is 36.4 Å². The summed E-state index contributed by atoms with van der Waals surface area (Å²) in [7, 11) is -2.89. The van der Waals surface area contributed by atoms with Crippen molar-refractivity contribution in [1.29, 1.82) is 0 Å². The Labute approximate surface area is 219 Å². The third-order valence-electron chi connectivity index (χ3n) is 7.34. The molecule has 0 saturated carbocycles. The molecule has 8 nitrogen and oxygen atoms in total. The average molecular weight is 521 g/mol. The molecule has 1 saturated heterocycles. The van der Waals surface area contributed by atoms with Crippen LogP contribution in [0.15, 0.2) is 79.2 Å². The molecule has 1 aliphatic heterocycles. The number of nitrogens with two attached hydrogens (primary N) is 1. The fourth-order valence-corrected chi connectivity index (χ4v) is 10.0. The van der Waals surface area contributed by atoms with Gasteiger partial charge in [0.2, 0.25) is 0 Å². The second-order valence-electron chi connectivity index (χ2n) is 10.8. The van der Waals surface area contributed by atoms with Gasteiger partial charge in [0.05, 0.1) is 13.4 Å². The maximum absolute atomic E-state index is 11.4. The smallest absolute Gasteiger partial charge is 0.261 e. The number of anilines is 1. The van der Waals surface area contributed by atoms with Gasteiger partial charge in [0.15, 0.2) is 6.23 Å². The second-order valence-corrected chi connectivity index (χ2v) is 15.1. The summed E-state index contributed by atoms with van der Waals surface area (Å²) in [5.74, 6) is 0.170. The van der Waals surface area contributed by atoms with Crippen molar-refractivity contribution in [2.75, 3.05) is 12.3 Å². The molecule has 2 aromatic heterocycles. The van der Waals surface area contributed by atoms with Crippen molar-refractivity contribution in [1.82, 2.24) is 14.5 Å². The third kappa shape index (κ3) is 4.16. The standard InChI is InChI=1S/C28H34N4O4Si/c1-27(2,3)37(19-11-7-5-8-12-19,20-13-9-6-10-14-20)35-17-22-23(33)28(4,34)26(36-22)32-16-15-21-24(29)30-18-31-25(21)32/h5-16,18,22-23,26,33-34H,17H2,1-4H3,(H2,29,30,31)/i15T. The van der Waals surface area contributed by atoms with Crippen LogP contribution in [-0.2, 0) is 9.16 Å². The van der Waals surface area contributed by atoms with Crippen LogP contribution >= 0.6 is 0 Å². The van der Waals surface area contributed by atoms with E-state index in [1.165, 1.54) is 19.4 Å². The highest BCUT2D eigenvalue weighted by atomic mass is 28.4. The van der Waals surface area contributed by atoms with Crippen LogP contribution in [0.1, 0.15) is 35.3 Å². The molecule has 4 unspecified atom stereocenters. The normalized spacial score (nSPS) is 24.9. The van der Waals surface area contributed by atoms with Gasteiger partial charge in [-0.3, -0.25) is 0 Å². The summed E-state index contributed by atoms with van der Waals surface area (Å²) in [6.07, 6.45) is -0.301. The number of hydrogen-bond acceptors (Lipinski definition) is 7. The molecule has 0 aliphatic carbocycles. The highest BCUT2D eigenvalue weighted by molar-refractivity contribution is 6.99. The zero-order valence-electron chi connectivity index (χ0n) is 22.5. The number of aromatic nitrogens is 3. The van der Waals surface area contributed by atoms with Gasteiger partial charge in [-0.1, -0.05) is 81.4 Å². The molecule has 0 spiro atoms. The van der Waals surface area contributed by atoms with Crippen LogP contribution in [-0.4, -0.2) is 57.5 Å². The molecule has 4 aromatic rings. The Hall–Kier alpha value is -3.08. The Bertz CT molecular complexity index is 1390. The fraction of sp³-hybridized carbons (Fsp3) is 0.357. The van der Waals surface area contributed by atoms with Crippen molar-refractivity contribution in [3.05, 3.63) is 79.2 Å². The maximum Gasteiger partial charge on any atom is 0.261 e. The van der Waals surface area contributed by atoms with Gasteiger partial charge in [-0.25, -0.2) is 9.97 Å². The molecule has 4 atom stereocenters.